The van der Waals surface area contributed by atoms with Crippen LogP contribution < -0.4 is 10.1 Å². The molecule has 1 unspecified atom stereocenters. The number of benzene rings is 1. The van der Waals surface area contributed by atoms with Crippen LogP contribution in [0.5, 0.6) is 5.75 Å². The van der Waals surface area contributed by atoms with Gasteiger partial charge in [0.15, 0.2) is 5.13 Å². The second kappa shape index (κ2) is 8.31. The van der Waals surface area contributed by atoms with Crippen molar-refractivity contribution >= 4 is 28.1 Å². The number of nitrogens with one attached hydrogen (secondary N) is 1. The molecule has 0 fully saturated rings. The summed E-state index contributed by atoms with van der Waals surface area (Å²) in [6.45, 7) is 0.177. The minimum absolute atomic E-state index is 0.0324. The Balaban J connectivity index is 1.69. The molecule has 0 saturated heterocycles. The third-order valence-electron chi connectivity index (χ3n) is 4.07. The Bertz CT molecular complexity index is 1030. The van der Waals surface area contributed by atoms with E-state index in [4.69, 9.17) is 0 Å². The smallest absolute Gasteiger partial charge is 0.387 e. The predicted molar refractivity (Wildman–Crippen MR) is 101 cm³/mol. The van der Waals surface area contributed by atoms with Gasteiger partial charge in [0.05, 0.1) is 10.6 Å². The van der Waals surface area contributed by atoms with Gasteiger partial charge in [-0.3, -0.25) is 19.6 Å². The van der Waals surface area contributed by atoms with E-state index in [1.54, 1.807) is 24.4 Å². The SMILES string of the molecule is Cc1c([N+](=O)[O-])cnn1C(C)C(=O)Nc1nc(-c2ccc(OC(F)F)cc2)cs1. The summed E-state index contributed by atoms with van der Waals surface area (Å²) >= 11 is 1.18. The number of hydrogen-bond acceptors (Lipinski definition) is 7. The Kier molecular flexibility index (Phi) is 5.82. The summed E-state index contributed by atoms with van der Waals surface area (Å²) in [6, 6.07) is 5.16. The van der Waals surface area contributed by atoms with Gasteiger partial charge in [-0.2, -0.15) is 13.9 Å². The van der Waals surface area contributed by atoms with Crippen LogP contribution in [0.4, 0.5) is 19.6 Å². The fourth-order valence-electron chi connectivity index (χ4n) is 2.58. The number of halogens is 2. The van der Waals surface area contributed by atoms with Crippen LogP contribution in [0.3, 0.4) is 0 Å². The van der Waals surface area contributed by atoms with Crippen molar-refractivity contribution in [3.63, 3.8) is 0 Å². The molecule has 0 aliphatic carbocycles. The van der Waals surface area contributed by atoms with E-state index in [-0.39, 0.29) is 17.1 Å². The Hall–Kier alpha value is -3.41. The lowest BCUT2D eigenvalue weighted by Gasteiger charge is -2.12. The number of nitrogens with zero attached hydrogens (tertiary/aromatic N) is 4. The first-order chi connectivity index (χ1) is 13.8. The zero-order valence-corrected chi connectivity index (χ0v) is 16.0. The quantitative estimate of drug-likeness (QED) is 0.454. The third kappa shape index (κ3) is 4.54. The molecule has 9 nitrogen and oxygen atoms in total. The fourth-order valence-corrected chi connectivity index (χ4v) is 3.30. The number of anilines is 1. The maximum atomic E-state index is 12.5. The highest BCUT2D eigenvalue weighted by Gasteiger charge is 2.24. The number of carbonyl (C=O) groups is 1. The molecule has 0 radical (unpaired) electrons. The highest BCUT2D eigenvalue weighted by molar-refractivity contribution is 7.14. The van der Waals surface area contributed by atoms with Crippen LogP contribution in [-0.4, -0.2) is 32.2 Å². The van der Waals surface area contributed by atoms with E-state index in [0.717, 1.165) is 6.20 Å². The van der Waals surface area contributed by atoms with Gasteiger partial charge in [-0.1, -0.05) is 0 Å². The molecule has 0 saturated carbocycles. The summed E-state index contributed by atoms with van der Waals surface area (Å²) in [7, 11) is 0. The lowest BCUT2D eigenvalue weighted by molar-refractivity contribution is -0.385. The molecule has 1 atom stereocenters. The molecular weight excluding hydrogens is 408 g/mol. The zero-order valence-electron chi connectivity index (χ0n) is 15.2. The van der Waals surface area contributed by atoms with Crippen molar-refractivity contribution in [2.45, 2.75) is 26.5 Å². The highest BCUT2D eigenvalue weighted by Crippen LogP contribution is 2.28. The van der Waals surface area contributed by atoms with E-state index in [0.29, 0.717) is 16.4 Å². The van der Waals surface area contributed by atoms with Crippen LogP contribution in [0, 0.1) is 17.0 Å². The van der Waals surface area contributed by atoms with Crippen LogP contribution in [-0.2, 0) is 4.79 Å². The van der Waals surface area contributed by atoms with E-state index < -0.39 is 23.5 Å². The number of ether oxygens (including phenoxy) is 1. The van der Waals surface area contributed by atoms with E-state index in [1.165, 1.54) is 35.1 Å². The second-order valence-corrected chi connectivity index (χ2v) is 6.78. The number of amides is 1. The van der Waals surface area contributed by atoms with Crippen LogP contribution in [0.25, 0.3) is 11.3 Å². The van der Waals surface area contributed by atoms with Crippen molar-refractivity contribution in [2.75, 3.05) is 5.32 Å². The monoisotopic (exact) mass is 423 g/mol. The Morgan fingerprint density at radius 1 is 1.34 bits per heavy atom. The summed E-state index contributed by atoms with van der Waals surface area (Å²) < 4.78 is 30.0. The maximum Gasteiger partial charge on any atom is 0.387 e. The molecule has 0 aliphatic rings. The van der Waals surface area contributed by atoms with Gasteiger partial charge in [0, 0.05) is 10.9 Å². The molecule has 3 rings (SSSR count). The predicted octanol–water partition coefficient (Wildman–Crippen LogP) is 4.02. The van der Waals surface area contributed by atoms with Crippen LogP contribution in [0.15, 0.2) is 35.8 Å². The van der Waals surface area contributed by atoms with Crippen LogP contribution >= 0.6 is 11.3 Å². The van der Waals surface area contributed by atoms with Crippen LogP contribution in [0.2, 0.25) is 0 Å². The average Bonchev–Trinajstić information content (AvgIpc) is 3.28. The molecule has 1 amide bonds. The number of nitro groups is 1. The standard InChI is InChI=1S/C17H15F2N5O4S/c1-9-14(24(26)27)7-20-23(9)10(2)15(25)22-17-21-13(8-29-17)11-3-5-12(6-4-11)28-16(18)19/h3-8,10,16H,1-2H3,(H,21,22,25). The Labute approximate surface area is 167 Å². The van der Waals surface area contributed by atoms with Gasteiger partial charge in [0.25, 0.3) is 5.91 Å². The number of alkyl halides is 2. The van der Waals surface area contributed by atoms with E-state index in [2.05, 4.69) is 20.1 Å². The van der Waals surface area contributed by atoms with E-state index in [1.807, 2.05) is 0 Å². The van der Waals surface area contributed by atoms with Gasteiger partial charge >= 0.3 is 12.3 Å². The number of rotatable bonds is 7. The summed E-state index contributed by atoms with van der Waals surface area (Å²) in [5.74, 6) is -0.405. The first-order valence-electron chi connectivity index (χ1n) is 8.26. The lowest BCUT2D eigenvalue weighted by Crippen LogP contribution is -2.25. The molecule has 1 N–H and O–H groups in total. The minimum atomic E-state index is -2.90. The topological polar surface area (TPSA) is 112 Å². The lowest BCUT2D eigenvalue weighted by atomic mass is 10.2. The van der Waals surface area contributed by atoms with Crippen molar-refractivity contribution in [1.29, 1.82) is 0 Å². The van der Waals surface area contributed by atoms with Crippen molar-refractivity contribution in [2.24, 2.45) is 0 Å². The summed E-state index contributed by atoms with van der Waals surface area (Å²) in [5.41, 5.74) is 1.31. The van der Waals surface area contributed by atoms with Gasteiger partial charge in [-0.25, -0.2) is 4.98 Å². The molecular formula is C17H15F2N5O4S. The van der Waals surface area contributed by atoms with Crippen molar-refractivity contribution in [3.05, 3.63) is 51.7 Å². The largest absolute Gasteiger partial charge is 0.435 e. The second-order valence-electron chi connectivity index (χ2n) is 5.92. The van der Waals surface area contributed by atoms with Gasteiger partial charge in [-0.15, -0.1) is 11.3 Å². The molecule has 0 bridgehead atoms. The first-order valence-corrected chi connectivity index (χ1v) is 9.14. The normalized spacial score (nSPS) is 12.0. The minimum Gasteiger partial charge on any atom is -0.435 e. The van der Waals surface area contributed by atoms with Crippen molar-refractivity contribution < 1.29 is 23.2 Å². The number of aromatic nitrogens is 3. The molecule has 29 heavy (non-hydrogen) atoms. The maximum absolute atomic E-state index is 12.5. The number of carbonyl (C=O) groups excluding carboxylic acids is 1. The number of hydrogen-bond donors (Lipinski definition) is 1. The molecule has 2 aromatic heterocycles. The Morgan fingerprint density at radius 3 is 2.62 bits per heavy atom. The molecule has 152 valence electrons. The molecule has 3 aromatic rings. The van der Waals surface area contributed by atoms with E-state index in [9.17, 15) is 23.7 Å². The Morgan fingerprint density at radius 2 is 2.03 bits per heavy atom. The average molecular weight is 423 g/mol. The summed E-state index contributed by atoms with van der Waals surface area (Å²) in [5, 5.41) is 19.5. The molecule has 1 aromatic carbocycles. The fraction of sp³-hybridized carbons (Fsp3) is 0.235. The summed E-state index contributed by atoms with van der Waals surface area (Å²) in [4.78, 5) is 27.1. The first kappa shape index (κ1) is 20.3. The van der Waals surface area contributed by atoms with E-state index >= 15 is 0 Å². The molecule has 0 aliphatic heterocycles. The van der Waals surface area contributed by atoms with Crippen LogP contribution in [0.1, 0.15) is 18.7 Å². The third-order valence-corrected chi connectivity index (χ3v) is 4.83. The van der Waals surface area contributed by atoms with Gasteiger partial charge in [0.2, 0.25) is 0 Å². The summed E-state index contributed by atoms with van der Waals surface area (Å²) in [6.07, 6.45) is 1.10. The van der Waals surface area contributed by atoms with Gasteiger partial charge in [0.1, 0.15) is 23.7 Å². The molecule has 0 spiro atoms. The molecule has 2 heterocycles. The van der Waals surface area contributed by atoms with Crippen molar-refractivity contribution in [3.8, 4) is 17.0 Å². The highest BCUT2D eigenvalue weighted by atomic mass is 32.1. The van der Waals surface area contributed by atoms with Gasteiger partial charge in [-0.05, 0) is 38.1 Å². The molecule has 12 heteroatoms. The number of thiazole rings is 1. The zero-order chi connectivity index (χ0) is 21.1. The van der Waals surface area contributed by atoms with Gasteiger partial charge < -0.3 is 10.1 Å². The van der Waals surface area contributed by atoms with Crippen molar-refractivity contribution in [1.82, 2.24) is 14.8 Å².